The average molecular weight is 585 g/mol. The first-order valence-corrected chi connectivity index (χ1v) is 15.3. The van der Waals surface area contributed by atoms with Gasteiger partial charge in [0.1, 0.15) is 17.4 Å². The number of rotatable bonds is 10. The van der Waals surface area contributed by atoms with Crippen molar-refractivity contribution in [1.82, 2.24) is 20.4 Å². The second-order valence-electron chi connectivity index (χ2n) is 12.9. The molecule has 4 rings (SSSR count). The van der Waals surface area contributed by atoms with Crippen LogP contribution in [0.1, 0.15) is 97.0 Å². The van der Waals surface area contributed by atoms with Gasteiger partial charge in [-0.3, -0.25) is 4.79 Å². The van der Waals surface area contributed by atoms with Gasteiger partial charge in [-0.25, -0.2) is 4.79 Å². The summed E-state index contributed by atoms with van der Waals surface area (Å²) in [5, 5.41) is 6.85. The third-order valence-electron chi connectivity index (χ3n) is 8.11. The molecule has 1 aromatic heterocycles. The van der Waals surface area contributed by atoms with E-state index in [-0.39, 0.29) is 18.0 Å². The molecule has 2 fully saturated rings. The monoisotopic (exact) mass is 584 g/mol. The molecule has 0 aliphatic carbocycles. The van der Waals surface area contributed by atoms with E-state index in [1.54, 1.807) is 25.7 Å². The lowest BCUT2D eigenvalue weighted by Crippen LogP contribution is -2.48. The lowest BCUT2D eigenvalue weighted by Gasteiger charge is -2.33. The summed E-state index contributed by atoms with van der Waals surface area (Å²) in [7, 11) is 0. The zero-order valence-electron chi connectivity index (χ0n) is 26.0. The molecule has 2 aromatic rings. The second kappa shape index (κ2) is 13.8. The minimum atomic E-state index is -0.895. The van der Waals surface area contributed by atoms with Crippen LogP contribution in [0.5, 0.6) is 5.75 Å². The number of hydrogen-bond donors (Lipinski definition) is 2. The highest BCUT2D eigenvalue weighted by Gasteiger charge is 2.34. The molecule has 0 unspecified atom stereocenters. The highest BCUT2D eigenvalue weighted by Crippen LogP contribution is 2.30. The number of carbonyl (C=O) groups is 2. The van der Waals surface area contributed by atoms with Gasteiger partial charge in [0.05, 0.1) is 12.8 Å². The van der Waals surface area contributed by atoms with Crippen LogP contribution >= 0.6 is 0 Å². The molecule has 0 bridgehead atoms. The van der Waals surface area contributed by atoms with Crippen molar-refractivity contribution < 1.29 is 23.6 Å². The van der Waals surface area contributed by atoms with Crippen LogP contribution in [0.2, 0.25) is 0 Å². The number of nitrogens with zero attached hydrogens (tertiary/aromatic N) is 4. The first-order chi connectivity index (χ1) is 19.9. The number of hydrogen-bond acceptors (Lipinski definition) is 9. The zero-order valence-corrected chi connectivity index (χ0v) is 26.0. The number of nitrogens with one attached hydrogen (secondary N) is 1. The van der Waals surface area contributed by atoms with E-state index in [1.807, 2.05) is 24.3 Å². The molecule has 2 saturated heterocycles. The Morgan fingerprint density at radius 3 is 2.36 bits per heavy atom. The van der Waals surface area contributed by atoms with Gasteiger partial charge in [0.25, 0.3) is 5.91 Å². The van der Waals surface area contributed by atoms with Gasteiger partial charge in [0, 0.05) is 25.6 Å². The standard InChI is InChI=1S/C31H48N6O5/c1-20(2)27-34-29(42-35-27)36-17-13-22(14-18-36)21(3)15-19-40-24-11-9-23(10-12-24)26(33-30(39)41-31(4,5)6)28(38)37-16-7-8-25(37)32/h9-12,20-22,25-26H,7-8,13-19,32H2,1-6H3,(H,33,39)/t21-,25+,26+/m1/s1. The molecule has 0 spiro atoms. The maximum absolute atomic E-state index is 13.4. The molecule has 232 valence electrons. The van der Waals surface area contributed by atoms with Gasteiger partial charge >= 0.3 is 12.1 Å². The van der Waals surface area contributed by atoms with Crippen LogP contribution in [0.25, 0.3) is 0 Å². The van der Waals surface area contributed by atoms with E-state index >= 15 is 0 Å². The van der Waals surface area contributed by atoms with E-state index < -0.39 is 17.7 Å². The Bertz CT molecular complexity index is 1170. The fourth-order valence-corrected chi connectivity index (χ4v) is 5.55. The molecule has 2 aliphatic heterocycles. The van der Waals surface area contributed by atoms with Gasteiger partial charge in [0.2, 0.25) is 0 Å². The molecule has 2 aliphatic rings. The SMILES string of the molecule is CC(C)c1noc(N2CCC([C@H](C)CCOc3ccc([C@H](NC(=O)OC(C)(C)C)C(=O)N4CCC[C@H]4N)cc3)CC2)n1. The highest BCUT2D eigenvalue weighted by atomic mass is 16.6. The Kier molecular flexibility index (Phi) is 10.3. The number of carbonyl (C=O) groups excluding carboxylic acids is 2. The van der Waals surface area contributed by atoms with Gasteiger partial charge in [-0.2, -0.15) is 4.98 Å². The highest BCUT2D eigenvalue weighted by molar-refractivity contribution is 5.87. The molecule has 3 N–H and O–H groups in total. The lowest BCUT2D eigenvalue weighted by molar-refractivity contribution is -0.134. The molecule has 3 atom stereocenters. The minimum Gasteiger partial charge on any atom is -0.494 e. The molecule has 2 amide bonds. The van der Waals surface area contributed by atoms with Gasteiger partial charge in [-0.1, -0.05) is 38.1 Å². The van der Waals surface area contributed by atoms with Crippen molar-refractivity contribution in [2.75, 3.05) is 31.1 Å². The van der Waals surface area contributed by atoms with E-state index in [9.17, 15) is 9.59 Å². The number of amides is 2. The number of alkyl carbamates (subject to hydrolysis) is 1. The summed E-state index contributed by atoms with van der Waals surface area (Å²) in [6.07, 6.45) is 3.69. The lowest BCUT2D eigenvalue weighted by atomic mass is 9.84. The summed E-state index contributed by atoms with van der Waals surface area (Å²) in [6, 6.07) is 7.05. The van der Waals surface area contributed by atoms with E-state index in [1.165, 1.54) is 0 Å². The molecule has 1 aromatic carbocycles. The predicted molar refractivity (Wildman–Crippen MR) is 160 cm³/mol. The molecular weight excluding hydrogens is 536 g/mol. The second-order valence-corrected chi connectivity index (χ2v) is 12.9. The number of benzene rings is 1. The van der Waals surface area contributed by atoms with Crippen molar-refractivity contribution in [1.29, 1.82) is 0 Å². The Labute approximate surface area is 249 Å². The quantitative estimate of drug-likeness (QED) is 0.396. The molecule has 0 saturated carbocycles. The minimum absolute atomic E-state index is 0.237. The van der Waals surface area contributed by atoms with Crippen LogP contribution < -0.4 is 20.7 Å². The van der Waals surface area contributed by atoms with Gasteiger partial charge in [0.15, 0.2) is 5.82 Å². The van der Waals surface area contributed by atoms with Gasteiger partial charge in [-0.15, -0.1) is 0 Å². The van der Waals surface area contributed by atoms with Gasteiger partial charge < -0.3 is 34.8 Å². The maximum atomic E-state index is 13.4. The van der Waals surface area contributed by atoms with Crippen molar-refractivity contribution in [3.05, 3.63) is 35.7 Å². The third-order valence-corrected chi connectivity index (χ3v) is 8.11. The van der Waals surface area contributed by atoms with E-state index in [0.717, 1.165) is 56.8 Å². The number of nitrogens with two attached hydrogens (primary N) is 1. The number of aromatic nitrogens is 2. The summed E-state index contributed by atoms with van der Waals surface area (Å²) in [5.74, 6) is 2.62. The van der Waals surface area contributed by atoms with Crippen LogP contribution in [-0.2, 0) is 9.53 Å². The van der Waals surface area contributed by atoms with Crippen LogP contribution in [0.3, 0.4) is 0 Å². The molecule has 11 heteroatoms. The first kappa shape index (κ1) is 31.6. The summed E-state index contributed by atoms with van der Waals surface area (Å²) < 4.78 is 17.0. The van der Waals surface area contributed by atoms with Crippen molar-refractivity contribution >= 4 is 18.0 Å². The largest absolute Gasteiger partial charge is 0.494 e. The number of likely N-dealkylation sites (tertiary alicyclic amines) is 1. The van der Waals surface area contributed by atoms with E-state index in [2.05, 4.69) is 41.1 Å². The van der Waals surface area contributed by atoms with Gasteiger partial charge in [-0.05, 0) is 82.4 Å². The molecular formula is C31H48N6O5. The Hall–Kier alpha value is -3.34. The normalized spacial score (nSPS) is 19.6. The molecule has 42 heavy (non-hydrogen) atoms. The van der Waals surface area contributed by atoms with Crippen LogP contribution in [0.15, 0.2) is 28.8 Å². The molecule has 0 radical (unpaired) electrons. The summed E-state index contributed by atoms with van der Waals surface area (Å²) in [5.41, 5.74) is 6.13. The summed E-state index contributed by atoms with van der Waals surface area (Å²) in [4.78, 5) is 34.3. The van der Waals surface area contributed by atoms with Crippen LogP contribution in [0.4, 0.5) is 10.8 Å². The topological polar surface area (TPSA) is 136 Å². The van der Waals surface area contributed by atoms with Crippen LogP contribution in [-0.4, -0.2) is 65.0 Å². The van der Waals surface area contributed by atoms with E-state index in [0.29, 0.717) is 36.6 Å². The van der Waals surface area contributed by atoms with Crippen molar-refractivity contribution in [2.24, 2.45) is 17.6 Å². The average Bonchev–Trinajstić information content (AvgIpc) is 3.61. The summed E-state index contributed by atoms with van der Waals surface area (Å²) in [6.45, 7) is 14.8. The predicted octanol–water partition coefficient (Wildman–Crippen LogP) is 4.99. The van der Waals surface area contributed by atoms with Crippen molar-refractivity contribution in [2.45, 2.75) is 97.4 Å². The maximum Gasteiger partial charge on any atom is 0.408 e. The van der Waals surface area contributed by atoms with Crippen molar-refractivity contribution in [3.63, 3.8) is 0 Å². The van der Waals surface area contributed by atoms with Crippen LogP contribution in [0, 0.1) is 11.8 Å². The first-order valence-electron chi connectivity index (χ1n) is 15.3. The number of piperidine rings is 1. The number of anilines is 1. The third kappa shape index (κ3) is 8.36. The number of ether oxygens (including phenoxy) is 2. The summed E-state index contributed by atoms with van der Waals surface area (Å²) >= 11 is 0. The Morgan fingerprint density at radius 1 is 1.10 bits per heavy atom. The van der Waals surface area contributed by atoms with E-state index in [4.69, 9.17) is 19.7 Å². The molecule has 3 heterocycles. The molecule has 11 nitrogen and oxygen atoms in total. The fraction of sp³-hybridized carbons (Fsp3) is 0.677. The Morgan fingerprint density at radius 2 is 1.79 bits per heavy atom. The van der Waals surface area contributed by atoms with Crippen molar-refractivity contribution in [3.8, 4) is 5.75 Å². The fourth-order valence-electron chi connectivity index (χ4n) is 5.55. The Balaban J connectivity index is 1.28. The zero-order chi connectivity index (χ0) is 30.4. The smallest absolute Gasteiger partial charge is 0.408 e.